The van der Waals surface area contributed by atoms with Crippen LogP contribution in [-0.2, 0) is 28.5 Å². The van der Waals surface area contributed by atoms with Gasteiger partial charge in [-0.25, -0.2) is 4.79 Å². The summed E-state index contributed by atoms with van der Waals surface area (Å²) in [7, 11) is 0. The van der Waals surface area contributed by atoms with Crippen molar-refractivity contribution < 1.29 is 41.0 Å². The largest absolute Gasteiger partial charge is 0.480 e. The second kappa shape index (κ2) is 5.70. The van der Waals surface area contributed by atoms with Gasteiger partial charge in [0.1, 0.15) is 6.61 Å². The fraction of sp³-hybridized carbons (Fsp3) is 0.364. The van der Waals surface area contributed by atoms with E-state index in [2.05, 4.69) is 4.74 Å². The zero-order valence-corrected chi connectivity index (χ0v) is 9.68. The Morgan fingerprint density at radius 3 is 1.80 bits per heavy atom. The Hall–Kier alpha value is -1.77. The first-order valence-corrected chi connectivity index (χ1v) is 5.08. The number of hydrogen-bond donors (Lipinski definition) is 1. The van der Waals surface area contributed by atoms with Crippen LogP contribution in [0.4, 0.5) is 26.3 Å². The molecule has 0 unspecified atom stereocenters. The van der Waals surface area contributed by atoms with Crippen LogP contribution in [0.5, 0.6) is 0 Å². The number of halogens is 6. The number of carboxylic acids is 1. The lowest BCUT2D eigenvalue weighted by atomic mass is 10.1. The van der Waals surface area contributed by atoms with Gasteiger partial charge in [-0.3, -0.25) is 0 Å². The van der Waals surface area contributed by atoms with Crippen molar-refractivity contribution in [1.29, 1.82) is 0 Å². The number of benzene rings is 1. The van der Waals surface area contributed by atoms with Crippen molar-refractivity contribution >= 4 is 5.97 Å². The van der Waals surface area contributed by atoms with E-state index in [1.54, 1.807) is 0 Å². The molecule has 0 aliphatic carbocycles. The summed E-state index contributed by atoms with van der Waals surface area (Å²) in [5, 5.41) is 8.27. The predicted molar refractivity (Wildman–Crippen MR) is 53.7 cm³/mol. The molecule has 0 aliphatic heterocycles. The molecule has 0 amide bonds. The quantitative estimate of drug-likeness (QED) is 0.868. The number of carboxylic acid groups (broad SMARTS) is 1. The van der Waals surface area contributed by atoms with E-state index < -0.39 is 48.2 Å². The van der Waals surface area contributed by atoms with Gasteiger partial charge in [-0.15, -0.1) is 0 Å². The van der Waals surface area contributed by atoms with E-state index >= 15 is 0 Å². The van der Waals surface area contributed by atoms with Gasteiger partial charge in [-0.1, -0.05) is 0 Å². The van der Waals surface area contributed by atoms with Crippen LogP contribution in [0.1, 0.15) is 16.7 Å². The number of carbonyl (C=O) groups is 1. The predicted octanol–water partition coefficient (Wildman–Crippen LogP) is 3.33. The number of ether oxygens (including phenoxy) is 1. The second-order valence-corrected chi connectivity index (χ2v) is 3.80. The Morgan fingerprint density at radius 1 is 1.00 bits per heavy atom. The van der Waals surface area contributed by atoms with E-state index in [9.17, 15) is 31.1 Å². The van der Waals surface area contributed by atoms with Gasteiger partial charge < -0.3 is 9.84 Å². The van der Waals surface area contributed by atoms with Crippen LogP contribution in [0.3, 0.4) is 0 Å². The monoisotopic (exact) mass is 302 g/mol. The topological polar surface area (TPSA) is 46.5 Å². The molecule has 20 heavy (non-hydrogen) atoms. The highest BCUT2D eigenvalue weighted by Crippen LogP contribution is 2.36. The van der Waals surface area contributed by atoms with Gasteiger partial charge in [-0.2, -0.15) is 26.3 Å². The molecule has 9 heteroatoms. The maximum atomic E-state index is 12.5. The van der Waals surface area contributed by atoms with Crippen LogP contribution in [0.25, 0.3) is 0 Å². The van der Waals surface area contributed by atoms with E-state index in [0.29, 0.717) is 12.1 Å². The third-order valence-corrected chi connectivity index (χ3v) is 2.14. The van der Waals surface area contributed by atoms with Crippen molar-refractivity contribution in [2.24, 2.45) is 0 Å². The number of aliphatic carboxylic acids is 1. The first kappa shape index (κ1) is 16.3. The lowest BCUT2D eigenvalue weighted by molar-refractivity contribution is -0.145. The molecule has 0 aromatic heterocycles. The van der Waals surface area contributed by atoms with Crippen molar-refractivity contribution in [2.75, 3.05) is 6.61 Å². The molecule has 112 valence electrons. The second-order valence-electron chi connectivity index (χ2n) is 3.80. The Balaban J connectivity index is 3.08. The number of rotatable bonds is 4. The highest BCUT2D eigenvalue weighted by molar-refractivity contribution is 5.68. The van der Waals surface area contributed by atoms with Gasteiger partial charge in [0.15, 0.2) is 0 Å². The van der Waals surface area contributed by atoms with Gasteiger partial charge in [0.2, 0.25) is 0 Å². The summed E-state index contributed by atoms with van der Waals surface area (Å²) in [5.74, 6) is -1.38. The summed E-state index contributed by atoms with van der Waals surface area (Å²) < 4.78 is 79.4. The fourth-order valence-electron chi connectivity index (χ4n) is 1.36. The van der Waals surface area contributed by atoms with E-state index in [-0.39, 0.29) is 6.07 Å². The van der Waals surface area contributed by atoms with Gasteiger partial charge in [0, 0.05) is 0 Å². The molecule has 1 aromatic carbocycles. The minimum absolute atomic E-state index is 0.0132. The molecular weight excluding hydrogens is 294 g/mol. The van der Waals surface area contributed by atoms with Crippen molar-refractivity contribution in [2.45, 2.75) is 19.0 Å². The van der Waals surface area contributed by atoms with E-state index in [1.165, 1.54) is 0 Å². The molecule has 0 saturated carbocycles. The summed E-state index contributed by atoms with van der Waals surface area (Å²) in [6, 6.07) is 0.953. The Bertz CT molecular complexity index is 460. The smallest absolute Gasteiger partial charge is 0.416 e. The fourth-order valence-corrected chi connectivity index (χ4v) is 1.36. The maximum absolute atomic E-state index is 12.5. The molecule has 0 atom stereocenters. The molecular formula is C11H8F6O3. The highest BCUT2D eigenvalue weighted by atomic mass is 19.4. The molecule has 1 aromatic rings. The summed E-state index contributed by atoms with van der Waals surface area (Å²) in [4.78, 5) is 10.2. The van der Waals surface area contributed by atoms with Crippen molar-refractivity contribution in [3.05, 3.63) is 34.9 Å². The molecule has 3 nitrogen and oxygen atoms in total. The number of hydrogen-bond acceptors (Lipinski definition) is 2. The van der Waals surface area contributed by atoms with Crippen molar-refractivity contribution in [1.82, 2.24) is 0 Å². The van der Waals surface area contributed by atoms with Crippen LogP contribution < -0.4 is 0 Å². The zero-order valence-electron chi connectivity index (χ0n) is 9.68. The Kier molecular flexibility index (Phi) is 4.64. The summed E-state index contributed by atoms with van der Waals surface area (Å²) in [6.07, 6.45) is -9.88. The standard InChI is InChI=1S/C11H8F6O3/c12-10(13,14)7-1-6(4-20-5-9(18)19)2-8(3-7)11(15,16)17/h1-3H,4-5H2,(H,18,19). The minimum atomic E-state index is -4.94. The summed E-state index contributed by atoms with van der Waals surface area (Å²) in [6.45, 7) is -1.49. The number of alkyl halides is 6. The lowest BCUT2D eigenvalue weighted by Gasteiger charge is -2.14. The third-order valence-electron chi connectivity index (χ3n) is 2.14. The van der Waals surface area contributed by atoms with Crippen LogP contribution in [0, 0.1) is 0 Å². The molecule has 0 fully saturated rings. The molecule has 0 radical (unpaired) electrons. The maximum Gasteiger partial charge on any atom is 0.416 e. The van der Waals surface area contributed by atoms with Crippen LogP contribution in [-0.4, -0.2) is 17.7 Å². The SMILES string of the molecule is O=C(O)COCc1cc(C(F)(F)F)cc(C(F)(F)F)c1. The van der Waals surface area contributed by atoms with Gasteiger partial charge >= 0.3 is 18.3 Å². The van der Waals surface area contributed by atoms with Gasteiger partial charge in [0.05, 0.1) is 17.7 Å². The molecule has 1 rings (SSSR count). The van der Waals surface area contributed by atoms with Crippen LogP contribution in [0.15, 0.2) is 18.2 Å². The average molecular weight is 302 g/mol. The van der Waals surface area contributed by atoms with Crippen LogP contribution in [0.2, 0.25) is 0 Å². The highest BCUT2D eigenvalue weighted by Gasteiger charge is 2.36. The van der Waals surface area contributed by atoms with E-state index in [4.69, 9.17) is 5.11 Å². The van der Waals surface area contributed by atoms with E-state index in [1.807, 2.05) is 0 Å². The van der Waals surface area contributed by atoms with Gasteiger partial charge in [-0.05, 0) is 23.8 Å². The van der Waals surface area contributed by atoms with Crippen molar-refractivity contribution in [3.63, 3.8) is 0 Å². The zero-order chi connectivity index (χ0) is 15.6. The first-order valence-electron chi connectivity index (χ1n) is 5.08. The molecule has 1 N–H and O–H groups in total. The summed E-state index contributed by atoms with van der Waals surface area (Å²) in [5.41, 5.74) is -3.35. The molecule has 0 spiro atoms. The van der Waals surface area contributed by atoms with E-state index in [0.717, 1.165) is 0 Å². The molecule has 0 aliphatic rings. The van der Waals surface area contributed by atoms with Crippen molar-refractivity contribution in [3.8, 4) is 0 Å². The lowest BCUT2D eigenvalue weighted by Crippen LogP contribution is -2.13. The average Bonchev–Trinajstić information content (AvgIpc) is 2.25. The van der Waals surface area contributed by atoms with Gasteiger partial charge in [0.25, 0.3) is 0 Å². The molecule has 0 saturated heterocycles. The van der Waals surface area contributed by atoms with Crippen LogP contribution >= 0.6 is 0 Å². The molecule has 0 heterocycles. The third kappa shape index (κ3) is 4.72. The Labute approximate surface area is 108 Å². The molecule has 0 bridgehead atoms. The first-order chi connectivity index (χ1) is 9.00. The summed E-state index contributed by atoms with van der Waals surface area (Å²) >= 11 is 0. The normalized spacial score (nSPS) is 12.5. The minimum Gasteiger partial charge on any atom is -0.480 e. The Morgan fingerprint density at radius 2 is 1.45 bits per heavy atom.